The van der Waals surface area contributed by atoms with Gasteiger partial charge in [0.15, 0.2) is 0 Å². The second-order valence-electron chi connectivity index (χ2n) is 9.05. The van der Waals surface area contributed by atoms with Gasteiger partial charge >= 0.3 is 17.7 Å². The fourth-order valence-electron chi connectivity index (χ4n) is 3.84. The first-order valence-corrected chi connectivity index (χ1v) is 10.9. The van der Waals surface area contributed by atoms with Crippen molar-refractivity contribution < 1.29 is 23.5 Å². The highest BCUT2D eigenvalue weighted by Gasteiger charge is 2.23. The van der Waals surface area contributed by atoms with Crippen LogP contribution in [-0.4, -0.2) is 24.2 Å². The number of fused-ring (bicyclic) bond motifs is 3. The number of nitrogens with one attached hydrogen (secondary N) is 1. The molecule has 1 aromatic heterocycles. The van der Waals surface area contributed by atoms with Crippen LogP contribution in [0.1, 0.15) is 69.6 Å². The third kappa shape index (κ3) is 6.09. The molecule has 168 valence electrons. The van der Waals surface area contributed by atoms with Crippen molar-refractivity contribution in [2.75, 3.05) is 6.54 Å². The summed E-state index contributed by atoms with van der Waals surface area (Å²) in [6.45, 7) is 7.83. The lowest BCUT2D eigenvalue weighted by Gasteiger charge is -2.19. The zero-order valence-corrected chi connectivity index (χ0v) is 18.8. The Bertz CT molecular complexity index is 1030. The molecule has 1 heterocycles. The van der Waals surface area contributed by atoms with E-state index in [0.29, 0.717) is 36.3 Å². The molecule has 0 bridgehead atoms. The number of amides is 1. The molecule has 1 N–H and O–H groups in total. The number of aryl methyl sites for hydroxylation is 2. The fourth-order valence-corrected chi connectivity index (χ4v) is 3.84. The first kappa shape index (κ1) is 22.8. The van der Waals surface area contributed by atoms with E-state index in [0.717, 1.165) is 42.2 Å². The van der Waals surface area contributed by atoms with Crippen LogP contribution in [0.4, 0.5) is 4.79 Å². The summed E-state index contributed by atoms with van der Waals surface area (Å²) in [5.74, 6) is 0.151. The van der Waals surface area contributed by atoms with Gasteiger partial charge in [-0.25, -0.2) is 9.59 Å². The van der Waals surface area contributed by atoms with E-state index in [2.05, 4.69) is 5.32 Å². The molecule has 0 saturated heterocycles. The number of carbonyl (C=O) groups excluding carboxylic acids is 2. The third-order valence-corrected chi connectivity index (χ3v) is 5.13. The van der Waals surface area contributed by atoms with E-state index >= 15 is 0 Å². The maximum Gasteiger partial charge on any atom is 0.407 e. The lowest BCUT2D eigenvalue weighted by atomic mass is 10.0. The van der Waals surface area contributed by atoms with Gasteiger partial charge in [-0.2, -0.15) is 0 Å². The Labute approximate surface area is 182 Å². The van der Waals surface area contributed by atoms with Gasteiger partial charge in [0.05, 0.1) is 5.39 Å². The molecule has 3 rings (SSSR count). The summed E-state index contributed by atoms with van der Waals surface area (Å²) in [5.41, 5.74) is 2.18. The number of alkyl carbamates (subject to hydrolysis) is 1. The van der Waals surface area contributed by atoms with Crippen LogP contribution in [0.5, 0.6) is 5.75 Å². The minimum Gasteiger partial charge on any atom is -0.444 e. The van der Waals surface area contributed by atoms with Gasteiger partial charge in [0.2, 0.25) is 0 Å². The van der Waals surface area contributed by atoms with Gasteiger partial charge in [0, 0.05) is 18.5 Å². The van der Waals surface area contributed by atoms with Crippen LogP contribution in [0.2, 0.25) is 0 Å². The van der Waals surface area contributed by atoms with Gasteiger partial charge in [-0.1, -0.05) is 6.42 Å². The molecule has 2 aromatic rings. The van der Waals surface area contributed by atoms with E-state index in [1.165, 1.54) is 0 Å². The third-order valence-electron chi connectivity index (χ3n) is 5.13. The predicted octanol–water partition coefficient (Wildman–Crippen LogP) is 4.58. The van der Waals surface area contributed by atoms with Crippen molar-refractivity contribution in [1.29, 1.82) is 0 Å². The Morgan fingerprint density at radius 1 is 1.10 bits per heavy atom. The van der Waals surface area contributed by atoms with Crippen molar-refractivity contribution in [3.63, 3.8) is 0 Å². The molecule has 1 aromatic carbocycles. The Balaban J connectivity index is 1.53. The molecule has 0 radical (unpaired) electrons. The number of carbonyl (C=O) groups is 2. The van der Waals surface area contributed by atoms with E-state index in [4.69, 9.17) is 13.9 Å². The van der Waals surface area contributed by atoms with Crippen LogP contribution in [0, 0.1) is 6.92 Å². The lowest BCUT2D eigenvalue weighted by Crippen LogP contribution is -2.33. The highest BCUT2D eigenvalue weighted by atomic mass is 16.6. The van der Waals surface area contributed by atoms with E-state index < -0.39 is 11.7 Å². The van der Waals surface area contributed by atoms with Gasteiger partial charge in [-0.15, -0.1) is 0 Å². The molecule has 7 nitrogen and oxygen atoms in total. The summed E-state index contributed by atoms with van der Waals surface area (Å²) >= 11 is 0. The van der Waals surface area contributed by atoms with Crippen LogP contribution in [0.15, 0.2) is 21.3 Å². The standard InChI is InChI=1S/C24H31NO6/c1-15-13-18(21-16-9-8-10-17(16)22(27)30-19(21)14-15)29-20(26)11-6-5-7-12-25-23(28)31-24(2,3)4/h13-14H,5-12H2,1-4H3,(H,25,28). The minimum absolute atomic E-state index is 0.279. The number of benzene rings is 1. The minimum atomic E-state index is -0.517. The summed E-state index contributed by atoms with van der Waals surface area (Å²) in [5, 5.41) is 3.45. The number of esters is 1. The predicted molar refractivity (Wildman–Crippen MR) is 118 cm³/mol. The van der Waals surface area contributed by atoms with E-state index in [1.807, 2.05) is 39.8 Å². The second-order valence-corrected chi connectivity index (χ2v) is 9.05. The average molecular weight is 430 g/mol. The van der Waals surface area contributed by atoms with Gasteiger partial charge < -0.3 is 19.2 Å². The molecule has 1 aliphatic carbocycles. The van der Waals surface area contributed by atoms with Crippen molar-refractivity contribution in [3.05, 3.63) is 39.2 Å². The van der Waals surface area contributed by atoms with E-state index in [-0.39, 0.29) is 18.0 Å². The Morgan fingerprint density at radius 2 is 1.84 bits per heavy atom. The van der Waals surface area contributed by atoms with Crippen molar-refractivity contribution in [2.45, 2.75) is 78.2 Å². The molecular weight excluding hydrogens is 398 g/mol. The Kier molecular flexibility index (Phi) is 7.03. The second kappa shape index (κ2) is 9.54. The zero-order valence-electron chi connectivity index (χ0n) is 18.8. The van der Waals surface area contributed by atoms with Crippen molar-refractivity contribution in [3.8, 4) is 5.75 Å². The molecule has 0 spiro atoms. The SMILES string of the molecule is Cc1cc(OC(=O)CCCCCNC(=O)OC(C)(C)C)c2c3c(c(=O)oc2c1)CCC3. The first-order valence-electron chi connectivity index (χ1n) is 10.9. The summed E-state index contributed by atoms with van der Waals surface area (Å²) in [4.78, 5) is 36.2. The van der Waals surface area contributed by atoms with Crippen LogP contribution >= 0.6 is 0 Å². The molecule has 1 aliphatic rings. The highest BCUT2D eigenvalue weighted by molar-refractivity contribution is 5.91. The summed E-state index contributed by atoms with van der Waals surface area (Å²) in [7, 11) is 0. The van der Waals surface area contributed by atoms with Crippen molar-refractivity contribution in [2.24, 2.45) is 0 Å². The molecule has 0 saturated carbocycles. The van der Waals surface area contributed by atoms with Gasteiger partial charge in [0.1, 0.15) is 16.9 Å². The van der Waals surface area contributed by atoms with Crippen LogP contribution in [0.3, 0.4) is 0 Å². The van der Waals surface area contributed by atoms with Gasteiger partial charge in [-0.05, 0) is 83.1 Å². The van der Waals surface area contributed by atoms with E-state index in [9.17, 15) is 14.4 Å². The number of unbranched alkanes of at least 4 members (excludes halogenated alkanes) is 2. The summed E-state index contributed by atoms with van der Waals surface area (Å²) < 4.78 is 16.4. The van der Waals surface area contributed by atoms with Crippen LogP contribution in [0.25, 0.3) is 11.0 Å². The molecule has 1 amide bonds. The van der Waals surface area contributed by atoms with Gasteiger partial charge in [0.25, 0.3) is 0 Å². The summed E-state index contributed by atoms with van der Waals surface area (Å²) in [6.07, 6.45) is 4.42. The molecule has 0 atom stereocenters. The Morgan fingerprint density at radius 3 is 2.58 bits per heavy atom. The van der Waals surface area contributed by atoms with Crippen LogP contribution in [-0.2, 0) is 22.4 Å². The topological polar surface area (TPSA) is 94.8 Å². The normalized spacial score (nSPS) is 13.2. The summed E-state index contributed by atoms with van der Waals surface area (Å²) in [6, 6.07) is 3.63. The molecule has 31 heavy (non-hydrogen) atoms. The smallest absolute Gasteiger partial charge is 0.407 e. The monoisotopic (exact) mass is 429 g/mol. The number of hydrogen-bond acceptors (Lipinski definition) is 6. The molecule has 0 fully saturated rings. The maximum atomic E-state index is 12.4. The average Bonchev–Trinajstić information content (AvgIpc) is 3.13. The number of rotatable bonds is 7. The lowest BCUT2D eigenvalue weighted by molar-refractivity contribution is -0.134. The highest BCUT2D eigenvalue weighted by Crippen LogP contribution is 2.35. The number of ether oxygens (including phenoxy) is 2. The first-order chi connectivity index (χ1) is 14.6. The van der Waals surface area contributed by atoms with E-state index in [1.54, 1.807) is 0 Å². The molecule has 7 heteroatoms. The van der Waals surface area contributed by atoms with Crippen molar-refractivity contribution in [1.82, 2.24) is 5.32 Å². The fraction of sp³-hybridized carbons (Fsp3) is 0.542. The Hall–Kier alpha value is -2.83. The largest absolute Gasteiger partial charge is 0.444 e. The molecule has 0 aliphatic heterocycles. The number of hydrogen-bond donors (Lipinski definition) is 1. The zero-order chi connectivity index (χ0) is 22.6. The molecular formula is C24H31NO6. The van der Waals surface area contributed by atoms with Gasteiger partial charge in [-0.3, -0.25) is 4.79 Å². The molecule has 0 unspecified atom stereocenters. The quantitative estimate of drug-likeness (QED) is 0.300. The van der Waals surface area contributed by atoms with Crippen molar-refractivity contribution >= 4 is 23.0 Å². The maximum absolute atomic E-state index is 12.4. The van der Waals surface area contributed by atoms with Crippen LogP contribution < -0.4 is 15.7 Å².